The van der Waals surface area contributed by atoms with Crippen LogP contribution in [-0.2, 0) is 16.1 Å². The molecule has 0 aliphatic carbocycles. The Morgan fingerprint density at radius 1 is 1.25 bits per heavy atom. The fourth-order valence-electron chi connectivity index (χ4n) is 4.54. The topological polar surface area (TPSA) is 90.8 Å². The van der Waals surface area contributed by atoms with Crippen molar-refractivity contribution in [2.75, 3.05) is 44.3 Å². The smallest absolute Gasteiger partial charge is 0.225 e. The zero-order chi connectivity index (χ0) is 22.7. The van der Waals surface area contributed by atoms with Gasteiger partial charge in [0.25, 0.3) is 0 Å². The third kappa shape index (κ3) is 5.19. The molecule has 2 atom stereocenters. The fourth-order valence-corrected chi connectivity index (χ4v) is 4.54. The summed E-state index contributed by atoms with van der Waals surface area (Å²) < 4.78 is 5.45. The van der Waals surface area contributed by atoms with Crippen LogP contribution in [0.15, 0.2) is 30.5 Å². The number of hydrogen-bond acceptors (Lipinski definition) is 7. The summed E-state index contributed by atoms with van der Waals surface area (Å²) in [5.74, 6) is 0.787. The summed E-state index contributed by atoms with van der Waals surface area (Å²) in [6, 6.07) is 7.65. The first-order valence-corrected chi connectivity index (χ1v) is 11.4. The van der Waals surface area contributed by atoms with Crippen LogP contribution in [0.1, 0.15) is 36.6 Å². The SMILES string of the molecule is Cc1ccc(O)c(CN2C[C@H](C(=O)NC(C)C)[C@@H](c3ccnc(N4CCOCC4)n3)C2)c1. The van der Waals surface area contributed by atoms with Crippen LogP contribution in [0, 0.1) is 12.8 Å². The van der Waals surface area contributed by atoms with E-state index < -0.39 is 0 Å². The summed E-state index contributed by atoms with van der Waals surface area (Å²) in [7, 11) is 0. The lowest BCUT2D eigenvalue weighted by Crippen LogP contribution is -2.39. The molecule has 2 N–H and O–H groups in total. The Morgan fingerprint density at radius 2 is 2.03 bits per heavy atom. The van der Waals surface area contributed by atoms with Crippen LogP contribution in [0.25, 0.3) is 0 Å². The third-order valence-electron chi connectivity index (χ3n) is 6.13. The number of hydrogen-bond donors (Lipinski definition) is 2. The van der Waals surface area contributed by atoms with Crippen LogP contribution in [-0.4, -0.2) is 71.3 Å². The quantitative estimate of drug-likeness (QED) is 0.712. The summed E-state index contributed by atoms with van der Waals surface area (Å²) in [6.45, 7) is 10.8. The Balaban J connectivity index is 1.58. The molecule has 0 radical (unpaired) electrons. The van der Waals surface area contributed by atoms with Gasteiger partial charge in [-0.3, -0.25) is 9.69 Å². The Bertz CT molecular complexity index is 945. The van der Waals surface area contributed by atoms with Gasteiger partial charge in [0.05, 0.1) is 24.8 Å². The predicted octanol–water partition coefficient (Wildman–Crippen LogP) is 2.07. The molecule has 1 aromatic carbocycles. The molecule has 2 saturated heterocycles. The second kappa shape index (κ2) is 9.83. The molecule has 8 nitrogen and oxygen atoms in total. The van der Waals surface area contributed by atoms with Crippen molar-refractivity contribution in [2.24, 2.45) is 5.92 Å². The summed E-state index contributed by atoms with van der Waals surface area (Å²) in [5.41, 5.74) is 2.88. The molecular formula is C24H33N5O3. The largest absolute Gasteiger partial charge is 0.508 e. The molecule has 8 heteroatoms. The lowest BCUT2D eigenvalue weighted by atomic mass is 9.91. The zero-order valence-corrected chi connectivity index (χ0v) is 19.1. The Hall–Kier alpha value is -2.71. The van der Waals surface area contributed by atoms with E-state index in [0.717, 1.165) is 29.9 Å². The standard InChI is InChI=1S/C24H33N5O3/c1-16(2)26-23(31)20-15-28(13-18-12-17(3)4-5-22(18)30)14-19(20)21-6-7-25-24(27-21)29-8-10-32-11-9-29/h4-7,12,16,19-20,30H,8-11,13-15H2,1-3H3,(H,26,31)/t19-,20-/m0/s1. The number of aromatic hydroxyl groups is 1. The Morgan fingerprint density at radius 3 is 2.78 bits per heavy atom. The van der Waals surface area contributed by atoms with Gasteiger partial charge < -0.3 is 20.1 Å². The van der Waals surface area contributed by atoms with E-state index in [-0.39, 0.29) is 23.8 Å². The molecule has 32 heavy (non-hydrogen) atoms. The number of likely N-dealkylation sites (tertiary alicyclic amines) is 1. The number of ether oxygens (including phenoxy) is 1. The van der Waals surface area contributed by atoms with Crippen LogP contribution in [0.2, 0.25) is 0 Å². The molecule has 0 bridgehead atoms. The minimum Gasteiger partial charge on any atom is -0.508 e. The van der Waals surface area contributed by atoms with Gasteiger partial charge in [-0.2, -0.15) is 0 Å². The molecule has 2 aliphatic heterocycles. The maximum absolute atomic E-state index is 13.1. The van der Waals surface area contributed by atoms with E-state index in [2.05, 4.69) is 20.1 Å². The number of nitrogens with one attached hydrogen (secondary N) is 1. The van der Waals surface area contributed by atoms with E-state index in [1.165, 1.54) is 0 Å². The van der Waals surface area contributed by atoms with E-state index in [0.29, 0.717) is 44.5 Å². The summed E-state index contributed by atoms with van der Waals surface area (Å²) >= 11 is 0. The molecule has 0 saturated carbocycles. The molecule has 2 aliphatic rings. The van der Waals surface area contributed by atoms with Crippen molar-refractivity contribution in [2.45, 2.75) is 39.3 Å². The number of phenolic OH excluding ortho intramolecular Hbond substituents is 1. The van der Waals surface area contributed by atoms with Crippen molar-refractivity contribution in [3.05, 3.63) is 47.3 Å². The first kappa shape index (κ1) is 22.5. The maximum atomic E-state index is 13.1. The van der Waals surface area contributed by atoms with Crippen LogP contribution < -0.4 is 10.2 Å². The number of benzene rings is 1. The maximum Gasteiger partial charge on any atom is 0.225 e. The Kier molecular flexibility index (Phi) is 6.91. The van der Waals surface area contributed by atoms with E-state index in [1.807, 2.05) is 39.0 Å². The molecule has 2 aromatic rings. The number of aromatic nitrogens is 2. The third-order valence-corrected chi connectivity index (χ3v) is 6.13. The number of aryl methyl sites for hydroxylation is 1. The predicted molar refractivity (Wildman–Crippen MR) is 123 cm³/mol. The van der Waals surface area contributed by atoms with Gasteiger partial charge in [0.1, 0.15) is 5.75 Å². The molecule has 1 aromatic heterocycles. The lowest BCUT2D eigenvalue weighted by molar-refractivity contribution is -0.125. The minimum atomic E-state index is -0.211. The first-order chi connectivity index (χ1) is 15.4. The van der Waals surface area contributed by atoms with E-state index >= 15 is 0 Å². The second-order valence-corrected chi connectivity index (χ2v) is 9.08. The highest BCUT2D eigenvalue weighted by atomic mass is 16.5. The number of carbonyl (C=O) groups excluding carboxylic acids is 1. The van der Waals surface area contributed by atoms with Gasteiger partial charge in [-0.25, -0.2) is 9.97 Å². The lowest BCUT2D eigenvalue weighted by Gasteiger charge is -2.27. The summed E-state index contributed by atoms with van der Waals surface area (Å²) in [6.07, 6.45) is 1.79. The molecule has 3 heterocycles. The highest BCUT2D eigenvalue weighted by Crippen LogP contribution is 2.34. The van der Waals surface area contributed by atoms with Crippen molar-refractivity contribution in [3.63, 3.8) is 0 Å². The molecule has 172 valence electrons. The highest BCUT2D eigenvalue weighted by molar-refractivity contribution is 5.80. The zero-order valence-electron chi connectivity index (χ0n) is 19.1. The van der Waals surface area contributed by atoms with Crippen molar-refractivity contribution in [1.82, 2.24) is 20.2 Å². The van der Waals surface area contributed by atoms with Gasteiger partial charge in [-0.1, -0.05) is 17.7 Å². The number of amides is 1. The number of nitrogens with zero attached hydrogens (tertiary/aromatic N) is 4. The first-order valence-electron chi connectivity index (χ1n) is 11.4. The summed E-state index contributed by atoms with van der Waals surface area (Å²) in [5, 5.41) is 13.4. The minimum absolute atomic E-state index is 0.0384. The van der Waals surface area contributed by atoms with Gasteiger partial charge >= 0.3 is 0 Å². The number of morpholine rings is 1. The van der Waals surface area contributed by atoms with Crippen molar-refractivity contribution >= 4 is 11.9 Å². The van der Waals surface area contributed by atoms with Crippen LogP contribution in [0.3, 0.4) is 0 Å². The van der Waals surface area contributed by atoms with Gasteiger partial charge in [0, 0.05) is 56.4 Å². The van der Waals surface area contributed by atoms with Crippen LogP contribution in [0.5, 0.6) is 5.75 Å². The average Bonchev–Trinajstić information content (AvgIpc) is 3.21. The molecule has 4 rings (SSSR count). The summed E-state index contributed by atoms with van der Waals surface area (Å²) in [4.78, 5) is 26.8. The second-order valence-electron chi connectivity index (χ2n) is 9.08. The van der Waals surface area contributed by atoms with Crippen molar-refractivity contribution in [3.8, 4) is 5.75 Å². The van der Waals surface area contributed by atoms with Gasteiger partial charge in [0.15, 0.2) is 0 Å². The molecular weight excluding hydrogens is 406 g/mol. The molecule has 0 spiro atoms. The van der Waals surface area contributed by atoms with Gasteiger partial charge in [0.2, 0.25) is 11.9 Å². The van der Waals surface area contributed by atoms with Gasteiger partial charge in [-0.15, -0.1) is 0 Å². The molecule has 0 unspecified atom stereocenters. The number of anilines is 1. The van der Waals surface area contributed by atoms with E-state index in [1.54, 1.807) is 12.3 Å². The number of rotatable bonds is 6. The van der Waals surface area contributed by atoms with E-state index in [4.69, 9.17) is 9.72 Å². The van der Waals surface area contributed by atoms with Crippen molar-refractivity contribution in [1.29, 1.82) is 0 Å². The van der Waals surface area contributed by atoms with Gasteiger partial charge in [-0.05, 0) is 32.9 Å². The molecule has 1 amide bonds. The highest BCUT2D eigenvalue weighted by Gasteiger charge is 2.40. The average molecular weight is 440 g/mol. The van der Waals surface area contributed by atoms with Crippen molar-refractivity contribution < 1.29 is 14.6 Å². The number of carbonyl (C=O) groups is 1. The fraction of sp³-hybridized carbons (Fsp3) is 0.542. The monoisotopic (exact) mass is 439 g/mol. The molecule has 2 fully saturated rings. The van der Waals surface area contributed by atoms with E-state index in [9.17, 15) is 9.90 Å². The Labute approximate surface area is 189 Å². The normalized spacial score (nSPS) is 21.8. The van der Waals surface area contributed by atoms with Crippen LogP contribution in [0.4, 0.5) is 5.95 Å². The van der Waals surface area contributed by atoms with Crippen LogP contribution >= 0.6 is 0 Å². The number of phenols is 1.